The summed E-state index contributed by atoms with van der Waals surface area (Å²) in [5, 5.41) is 0. The minimum Gasteiger partial charge on any atom is -0.467 e. The molecule has 1 rings (SSSR count). The maximum atomic E-state index is 13.0. The van der Waals surface area contributed by atoms with Gasteiger partial charge in [-0.2, -0.15) is 0 Å². The molecule has 1 fully saturated rings. The topological polar surface area (TPSA) is 26.3 Å². The number of rotatable bonds is 2. The first kappa shape index (κ1) is 7.25. The van der Waals surface area contributed by atoms with Gasteiger partial charge in [0.15, 0.2) is 0 Å². The minimum atomic E-state index is -1.75. The zero-order valence-electron chi connectivity index (χ0n) is 5.76. The maximum Gasteiger partial charge on any atom is 0.344 e. The number of hydrogen-bond donors (Lipinski definition) is 0. The number of hydrogen-bond acceptors (Lipinski definition) is 2. The standard InChI is InChI=1S/C7H9FO2/c1-3-5-4-7(5,8)6(9)10-2/h3,5H,1,4H2,2H3. The van der Waals surface area contributed by atoms with Crippen molar-refractivity contribution in [3.63, 3.8) is 0 Å². The van der Waals surface area contributed by atoms with Crippen molar-refractivity contribution >= 4 is 5.97 Å². The van der Waals surface area contributed by atoms with E-state index in [4.69, 9.17) is 0 Å². The fourth-order valence-electron chi connectivity index (χ4n) is 0.936. The summed E-state index contributed by atoms with van der Waals surface area (Å²) in [7, 11) is 1.18. The second kappa shape index (κ2) is 2.08. The van der Waals surface area contributed by atoms with E-state index in [0.717, 1.165) is 0 Å². The molecule has 0 N–H and O–H groups in total. The second-order valence-corrected chi connectivity index (χ2v) is 2.40. The predicted octanol–water partition coefficient (Wildman–Crippen LogP) is 1.07. The van der Waals surface area contributed by atoms with Crippen molar-refractivity contribution in [2.24, 2.45) is 5.92 Å². The van der Waals surface area contributed by atoms with E-state index in [1.807, 2.05) is 0 Å². The lowest BCUT2D eigenvalue weighted by atomic mass is 10.3. The van der Waals surface area contributed by atoms with E-state index in [1.54, 1.807) is 0 Å². The number of halogens is 1. The van der Waals surface area contributed by atoms with E-state index in [0.29, 0.717) is 0 Å². The Balaban J connectivity index is 2.58. The lowest BCUT2D eigenvalue weighted by Crippen LogP contribution is -2.20. The number of esters is 1. The van der Waals surface area contributed by atoms with E-state index in [1.165, 1.54) is 13.2 Å². The Morgan fingerprint density at radius 2 is 2.60 bits per heavy atom. The first-order valence-electron chi connectivity index (χ1n) is 3.05. The van der Waals surface area contributed by atoms with Crippen molar-refractivity contribution in [3.8, 4) is 0 Å². The summed E-state index contributed by atoms with van der Waals surface area (Å²) in [6.45, 7) is 3.39. The molecule has 0 aliphatic heterocycles. The summed E-state index contributed by atoms with van der Waals surface area (Å²) in [5.41, 5.74) is -1.75. The first-order chi connectivity index (χ1) is 4.65. The molecule has 1 saturated carbocycles. The smallest absolute Gasteiger partial charge is 0.344 e. The van der Waals surface area contributed by atoms with Gasteiger partial charge in [0.1, 0.15) is 0 Å². The van der Waals surface area contributed by atoms with Gasteiger partial charge in [-0.05, 0) is 0 Å². The Kier molecular flexibility index (Phi) is 1.50. The summed E-state index contributed by atoms with van der Waals surface area (Å²) < 4.78 is 17.3. The van der Waals surface area contributed by atoms with Crippen molar-refractivity contribution < 1.29 is 13.9 Å². The zero-order chi connectivity index (χ0) is 7.78. The molecular weight excluding hydrogens is 135 g/mol. The van der Waals surface area contributed by atoms with Crippen molar-refractivity contribution in [3.05, 3.63) is 12.7 Å². The van der Waals surface area contributed by atoms with Gasteiger partial charge in [-0.25, -0.2) is 9.18 Å². The fourth-order valence-corrected chi connectivity index (χ4v) is 0.936. The normalized spacial score (nSPS) is 36.8. The number of ether oxygens (including phenoxy) is 1. The summed E-state index contributed by atoms with van der Waals surface area (Å²) in [5.74, 6) is -1.11. The summed E-state index contributed by atoms with van der Waals surface area (Å²) >= 11 is 0. The van der Waals surface area contributed by atoms with Crippen LogP contribution in [0.15, 0.2) is 12.7 Å². The Bertz CT molecular complexity index is 178. The van der Waals surface area contributed by atoms with E-state index < -0.39 is 11.6 Å². The van der Waals surface area contributed by atoms with Gasteiger partial charge in [0, 0.05) is 12.3 Å². The molecule has 2 nitrogen and oxygen atoms in total. The molecule has 0 aromatic heterocycles. The van der Waals surface area contributed by atoms with Gasteiger partial charge in [0.05, 0.1) is 7.11 Å². The molecule has 0 aromatic rings. The van der Waals surface area contributed by atoms with Crippen LogP contribution in [0.2, 0.25) is 0 Å². The molecule has 56 valence electrons. The van der Waals surface area contributed by atoms with Gasteiger partial charge in [-0.15, -0.1) is 6.58 Å². The largest absolute Gasteiger partial charge is 0.467 e. The summed E-state index contributed by atoms with van der Waals surface area (Å²) in [6.07, 6.45) is 1.67. The van der Waals surface area contributed by atoms with Crippen LogP contribution < -0.4 is 0 Å². The molecule has 3 heteroatoms. The molecule has 0 aromatic carbocycles. The lowest BCUT2D eigenvalue weighted by Gasteiger charge is -2.01. The van der Waals surface area contributed by atoms with Crippen LogP contribution in [0, 0.1) is 5.92 Å². The highest BCUT2D eigenvalue weighted by Gasteiger charge is 2.61. The molecule has 0 heterocycles. The van der Waals surface area contributed by atoms with Crippen LogP contribution in [0.4, 0.5) is 4.39 Å². The van der Waals surface area contributed by atoms with Crippen LogP contribution in [0.5, 0.6) is 0 Å². The lowest BCUT2D eigenvalue weighted by molar-refractivity contribution is -0.148. The molecule has 0 amide bonds. The molecule has 0 bridgehead atoms. The minimum absolute atomic E-state index is 0.225. The molecule has 1 aliphatic carbocycles. The van der Waals surface area contributed by atoms with Crippen LogP contribution >= 0.6 is 0 Å². The Hall–Kier alpha value is -0.860. The molecule has 0 radical (unpaired) electrons. The first-order valence-corrected chi connectivity index (χ1v) is 3.05. The highest BCUT2D eigenvalue weighted by Crippen LogP contribution is 2.48. The quantitative estimate of drug-likeness (QED) is 0.428. The van der Waals surface area contributed by atoms with Crippen molar-refractivity contribution in [2.75, 3.05) is 7.11 Å². The van der Waals surface area contributed by atoms with Crippen LogP contribution in [0.1, 0.15) is 6.42 Å². The molecule has 0 spiro atoms. The Morgan fingerprint density at radius 3 is 2.90 bits per heavy atom. The fraction of sp³-hybridized carbons (Fsp3) is 0.571. The van der Waals surface area contributed by atoms with Gasteiger partial charge < -0.3 is 4.74 Å². The number of methoxy groups -OCH3 is 1. The third-order valence-electron chi connectivity index (χ3n) is 1.75. The van der Waals surface area contributed by atoms with Crippen LogP contribution in [-0.2, 0) is 9.53 Å². The molecule has 0 saturated heterocycles. The van der Waals surface area contributed by atoms with Crippen LogP contribution in [0.3, 0.4) is 0 Å². The maximum absolute atomic E-state index is 13.0. The zero-order valence-corrected chi connectivity index (χ0v) is 5.76. The highest BCUT2D eigenvalue weighted by molar-refractivity contribution is 5.83. The van der Waals surface area contributed by atoms with E-state index in [-0.39, 0.29) is 12.3 Å². The number of allylic oxidation sites excluding steroid dienone is 1. The van der Waals surface area contributed by atoms with Crippen LogP contribution in [0.25, 0.3) is 0 Å². The molecule has 10 heavy (non-hydrogen) atoms. The van der Waals surface area contributed by atoms with E-state index >= 15 is 0 Å². The van der Waals surface area contributed by atoms with E-state index in [9.17, 15) is 9.18 Å². The monoisotopic (exact) mass is 144 g/mol. The number of carbonyl (C=O) groups is 1. The van der Waals surface area contributed by atoms with E-state index in [2.05, 4.69) is 11.3 Å². The van der Waals surface area contributed by atoms with Crippen molar-refractivity contribution in [1.82, 2.24) is 0 Å². The van der Waals surface area contributed by atoms with Gasteiger partial charge in [0.2, 0.25) is 5.67 Å². The molecule has 2 atom stereocenters. The van der Waals surface area contributed by atoms with Crippen molar-refractivity contribution in [2.45, 2.75) is 12.1 Å². The van der Waals surface area contributed by atoms with Crippen LogP contribution in [-0.4, -0.2) is 18.7 Å². The van der Waals surface area contributed by atoms with Gasteiger partial charge in [0.25, 0.3) is 0 Å². The molecular formula is C7H9FO2. The third-order valence-corrected chi connectivity index (χ3v) is 1.75. The average Bonchev–Trinajstić information content (AvgIpc) is 2.61. The highest BCUT2D eigenvalue weighted by atomic mass is 19.1. The SMILES string of the molecule is C=CC1CC1(F)C(=O)OC. The van der Waals surface area contributed by atoms with Gasteiger partial charge >= 0.3 is 5.97 Å². The average molecular weight is 144 g/mol. The Morgan fingerprint density at radius 1 is 2.00 bits per heavy atom. The Labute approximate surface area is 58.7 Å². The predicted molar refractivity (Wildman–Crippen MR) is 34.2 cm³/mol. The number of carbonyl (C=O) groups excluding carboxylic acids is 1. The third kappa shape index (κ3) is 0.818. The second-order valence-electron chi connectivity index (χ2n) is 2.40. The molecule has 1 aliphatic rings. The van der Waals surface area contributed by atoms with Gasteiger partial charge in [-0.1, -0.05) is 6.08 Å². The van der Waals surface area contributed by atoms with Crippen molar-refractivity contribution in [1.29, 1.82) is 0 Å². The summed E-state index contributed by atoms with van der Waals surface area (Å²) in [6, 6.07) is 0. The summed E-state index contributed by atoms with van der Waals surface area (Å²) in [4.78, 5) is 10.6. The number of alkyl halides is 1. The molecule has 2 unspecified atom stereocenters. The van der Waals surface area contributed by atoms with Gasteiger partial charge in [-0.3, -0.25) is 0 Å².